The molecule has 0 bridgehead atoms. The predicted molar refractivity (Wildman–Crippen MR) is 91.7 cm³/mol. The number of methoxy groups -OCH3 is 2. The molecular formula is C18H13N3O4. The molecule has 0 N–H and O–H groups in total. The number of para-hydroxylation sites is 1. The number of hydrogen-bond donors (Lipinski definition) is 0. The molecule has 3 rings (SSSR count). The maximum atomic E-state index is 11.4. The number of aromatic nitrogens is 1. The number of benzene rings is 2. The molecule has 0 aliphatic heterocycles. The molecule has 0 aliphatic carbocycles. The van der Waals surface area contributed by atoms with Gasteiger partial charge in [0.1, 0.15) is 17.3 Å². The first-order valence-corrected chi connectivity index (χ1v) is 7.30. The van der Waals surface area contributed by atoms with E-state index in [-0.39, 0.29) is 11.3 Å². The SMILES string of the molecule is COc1c(C#N)cc(OC)c2c(-c3ccccc3[N+](=O)[O-])ccnc12. The fourth-order valence-corrected chi connectivity index (χ4v) is 2.82. The summed E-state index contributed by atoms with van der Waals surface area (Å²) in [6, 6.07) is 11.7. The van der Waals surface area contributed by atoms with Crippen LogP contribution >= 0.6 is 0 Å². The van der Waals surface area contributed by atoms with Gasteiger partial charge in [-0.3, -0.25) is 15.1 Å². The Morgan fingerprint density at radius 2 is 1.92 bits per heavy atom. The second-order valence-electron chi connectivity index (χ2n) is 5.13. The highest BCUT2D eigenvalue weighted by Gasteiger charge is 2.22. The van der Waals surface area contributed by atoms with Crippen LogP contribution in [0.5, 0.6) is 11.5 Å². The Balaban J connectivity index is 2.47. The summed E-state index contributed by atoms with van der Waals surface area (Å²) in [6.45, 7) is 0. The van der Waals surface area contributed by atoms with Gasteiger partial charge in [0, 0.05) is 23.9 Å². The zero-order valence-corrected chi connectivity index (χ0v) is 13.5. The Kier molecular flexibility index (Phi) is 4.18. The Morgan fingerprint density at radius 1 is 1.16 bits per heavy atom. The first-order chi connectivity index (χ1) is 12.1. The molecule has 0 atom stereocenters. The van der Waals surface area contributed by atoms with Crippen molar-refractivity contribution in [2.24, 2.45) is 0 Å². The number of hydrogen-bond acceptors (Lipinski definition) is 6. The van der Waals surface area contributed by atoms with Gasteiger partial charge in [0.25, 0.3) is 5.69 Å². The van der Waals surface area contributed by atoms with Crippen molar-refractivity contribution >= 4 is 16.6 Å². The third-order valence-corrected chi connectivity index (χ3v) is 3.87. The van der Waals surface area contributed by atoms with Crippen molar-refractivity contribution in [1.29, 1.82) is 5.26 Å². The summed E-state index contributed by atoms with van der Waals surface area (Å²) in [7, 11) is 2.92. The molecule has 7 nitrogen and oxygen atoms in total. The van der Waals surface area contributed by atoms with E-state index in [0.29, 0.717) is 33.5 Å². The van der Waals surface area contributed by atoms with E-state index >= 15 is 0 Å². The van der Waals surface area contributed by atoms with Crippen LogP contribution in [0.2, 0.25) is 0 Å². The van der Waals surface area contributed by atoms with Gasteiger partial charge in [-0.2, -0.15) is 5.26 Å². The Morgan fingerprint density at radius 3 is 2.56 bits per heavy atom. The minimum absolute atomic E-state index is 0.0274. The molecule has 0 fully saturated rings. The zero-order valence-electron chi connectivity index (χ0n) is 13.5. The van der Waals surface area contributed by atoms with Crippen LogP contribution in [0.25, 0.3) is 22.0 Å². The van der Waals surface area contributed by atoms with E-state index in [4.69, 9.17) is 9.47 Å². The molecule has 0 saturated carbocycles. The number of nitriles is 1. The summed E-state index contributed by atoms with van der Waals surface area (Å²) >= 11 is 0. The zero-order chi connectivity index (χ0) is 18.0. The summed E-state index contributed by atoms with van der Waals surface area (Å²) < 4.78 is 10.8. The van der Waals surface area contributed by atoms with Gasteiger partial charge in [-0.25, -0.2) is 0 Å². The number of ether oxygens (including phenoxy) is 2. The second-order valence-corrected chi connectivity index (χ2v) is 5.13. The maximum Gasteiger partial charge on any atom is 0.277 e. The molecule has 1 heterocycles. The van der Waals surface area contributed by atoms with Gasteiger partial charge in [-0.05, 0) is 12.1 Å². The van der Waals surface area contributed by atoms with Gasteiger partial charge >= 0.3 is 0 Å². The third kappa shape index (κ3) is 2.60. The maximum absolute atomic E-state index is 11.4. The molecule has 2 aromatic carbocycles. The number of nitro groups is 1. The van der Waals surface area contributed by atoms with Gasteiger partial charge in [0.05, 0.1) is 35.7 Å². The van der Waals surface area contributed by atoms with Gasteiger partial charge in [0.2, 0.25) is 0 Å². The van der Waals surface area contributed by atoms with Crippen molar-refractivity contribution in [3.8, 4) is 28.7 Å². The van der Waals surface area contributed by atoms with E-state index in [9.17, 15) is 15.4 Å². The lowest BCUT2D eigenvalue weighted by Crippen LogP contribution is -1.98. The summed E-state index contributed by atoms with van der Waals surface area (Å²) in [5.74, 6) is 0.701. The molecule has 1 aromatic heterocycles. The van der Waals surface area contributed by atoms with Crippen LogP contribution in [0.3, 0.4) is 0 Å². The first kappa shape index (κ1) is 16.2. The molecule has 0 spiro atoms. The lowest BCUT2D eigenvalue weighted by Gasteiger charge is -2.14. The molecule has 0 unspecified atom stereocenters. The van der Waals surface area contributed by atoms with Crippen LogP contribution in [0.15, 0.2) is 42.6 Å². The Hall–Kier alpha value is -3.66. The van der Waals surface area contributed by atoms with E-state index in [1.54, 1.807) is 30.3 Å². The van der Waals surface area contributed by atoms with Gasteiger partial charge < -0.3 is 9.47 Å². The highest BCUT2D eigenvalue weighted by Crippen LogP contribution is 2.42. The van der Waals surface area contributed by atoms with Crippen molar-refractivity contribution < 1.29 is 14.4 Å². The molecule has 124 valence electrons. The van der Waals surface area contributed by atoms with Crippen molar-refractivity contribution in [3.63, 3.8) is 0 Å². The van der Waals surface area contributed by atoms with Gasteiger partial charge in [-0.1, -0.05) is 12.1 Å². The van der Waals surface area contributed by atoms with E-state index < -0.39 is 4.92 Å². The molecule has 0 aliphatic rings. The molecule has 25 heavy (non-hydrogen) atoms. The quantitative estimate of drug-likeness (QED) is 0.532. The molecule has 0 amide bonds. The summed E-state index contributed by atoms with van der Waals surface area (Å²) in [5.41, 5.74) is 1.68. The van der Waals surface area contributed by atoms with Crippen LogP contribution in [0.1, 0.15) is 5.56 Å². The smallest absolute Gasteiger partial charge is 0.277 e. The summed E-state index contributed by atoms with van der Waals surface area (Å²) in [6.07, 6.45) is 1.53. The van der Waals surface area contributed by atoms with Crippen LogP contribution in [-0.2, 0) is 0 Å². The van der Waals surface area contributed by atoms with E-state index in [2.05, 4.69) is 4.98 Å². The number of nitro benzene ring substituents is 1. The molecule has 3 aromatic rings. The standard InChI is InChI=1S/C18H13N3O4/c1-24-15-9-11(10-19)18(25-2)17-16(15)13(7-8-20-17)12-5-3-4-6-14(12)21(22)23/h3-9H,1-2H3. The Bertz CT molecular complexity index is 1020. The van der Waals surface area contributed by atoms with Crippen LogP contribution in [0.4, 0.5) is 5.69 Å². The fraction of sp³-hybridized carbons (Fsp3) is 0.111. The third-order valence-electron chi connectivity index (χ3n) is 3.87. The van der Waals surface area contributed by atoms with Crippen molar-refractivity contribution in [3.05, 3.63) is 58.3 Å². The molecular weight excluding hydrogens is 322 g/mol. The molecule has 0 radical (unpaired) electrons. The van der Waals surface area contributed by atoms with Gasteiger partial charge in [0.15, 0.2) is 5.75 Å². The van der Waals surface area contributed by atoms with Crippen molar-refractivity contribution in [1.82, 2.24) is 4.98 Å². The predicted octanol–water partition coefficient (Wildman–Crippen LogP) is 3.70. The first-order valence-electron chi connectivity index (χ1n) is 7.30. The average molecular weight is 335 g/mol. The largest absolute Gasteiger partial charge is 0.496 e. The second kappa shape index (κ2) is 6.45. The lowest BCUT2D eigenvalue weighted by molar-refractivity contribution is -0.384. The highest BCUT2D eigenvalue weighted by atomic mass is 16.6. The monoisotopic (exact) mass is 335 g/mol. The topological polar surface area (TPSA) is 98.3 Å². The fourth-order valence-electron chi connectivity index (χ4n) is 2.82. The van der Waals surface area contributed by atoms with Crippen molar-refractivity contribution in [2.45, 2.75) is 0 Å². The number of pyridine rings is 1. The molecule has 0 saturated heterocycles. The lowest BCUT2D eigenvalue weighted by atomic mass is 9.97. The normalized spacial score (nSPS) is 10.3. The van der Waals surface area contributed by atoms with Crippen LogP contribution in [-0.4, -0.2) is 24.1 Å². The van der Waals surface area contributed by atoms with Crippen LogP contribution < -0.4 is 9.47 Å². The minimum atomic E-state index is -0.436. The summed E-state index contributed by atoms with van der Waals surface area (Å²) in [5, 5.41) is 21.3. The van der Waals surface area contributed by atoms with Crippen molar-refractivity contribution in [2.75, 3.05) is 14.2 Å². The van der Waals surface area contributed by atoms with E-state index in [0.717, 1.165) is 0 Å². The summed E-state index contributed by atoms with van der Waals surface area (Å²) in [4.78, 5) is 15.3. The van der Waals surface area contributed by atoms with E-state index in [1.807, 2.05) is 6.07 Å². The highest BCUT2D eigenvalue weighted by molar-refractivity contribution is 6.04. The average Bonchev–Trinajstić information content (AvgIpc) is 2.65. The van der Waals surface area contributed by atoms with E-state index in [1.165, 1.54) is 26.5 Å². The van der Waals surface area contributed by atoms with Crippen LogP contribution in [0, 0.1) is 21.4 Å². The Labute approximate surface area is 143 Å². The number of nitrogens with zero attached hydrogens (tertiary/aromatic N) is 3. The number of rotatable bonds is 4. The van der Waals surface area contributed by atoms with Gasteiger partial charge in [-0.15, -0.1) is 0 Å². The number of fused-ring (bicyclic) bond motifs is 1. The minimum Gasteiger partial charge on any atom is -0.496 e. The molecule has 7 heteroatoms.